The van der Waals surface area contributed by atoms with Crippen molar-refractivity contribution in [3.05, 3.63) is 16.6 Å². The number of nitrogens with one attached hydrogen (secondary N) is 1. The molecule has 0 aliphatic heterocycles. The van der Waals surface area contributed by atoms with Gasteiger partial charge in [-0.1, -0.05) is 19.8 Å². The van der Waals surface area contributed by atoms with Gasteiger partial charge < -0.3 is 5.32 Å². The number of hydrogen-bond acceptors (Lipinski definition) is 3. The molecule has 0 radical (unpaired) electrons. The molecule has 0 bridgehead atoms. The first kappa shape index (κ1) is 12.1. The van der Waals surface area contributed by atoms with Crippen LogP contribution in [0.1, 0.15) is 51.5 Å². The van der Waals surface area contributed by atoms with Crippen LogP contribution in [-0.4, -0.2) is 11.0 Å². The van der Waals surface area contributed by atoms with E-state index in [0.717, 1.165) is 5.92 Å². The van der Waals surface area contributed by atoms with E-state index in [9.17, 15) is 0 Å². The van der Waals surface area contributed by atoms with E-state index in [0.29, 0.717) is 6.04 Å². The Labute approximate surface area is 102 Å². The zero-order valence-electron chi connectivity index (χ0n) is 10.5. The lowest BCUT2D eigenvalue weighted by atomic mass is 9.86. The predicted octanol–water partition coefficient (Wildman–Crippen LogP) is 3.55. The zero-order valence-corrected chi connectivity index (χ0v) is 11.3. The average Bonchev–Trinajstić information content (AvgIpc) is 2.69. The molecule has 1 N–H and O–H groups in total. The molecule has 1 heterocycles. The van der Waals surface area contributed by atoms with E-state index in [4.69, 9.17) is 0 Å². The maximum Gasteiger partial charge on any atom is 0.112 e. The fraction of sp³-hybridized carbons (Fsp3) is 0.769. The van der Waals surface area contributed by atoms with E-state index in [1.165, 1.54) is 30.7 Å². The van der Waals surface area contributed by atoms with E-state index in [2.05, 4.69) is 36.5 Å². The fourth-order valence-electron chi connectivity index (χ4n) is 2.67. The van der Waals surface area contributed by atoms with Crippen LogP contribution in [0.5, 0.6) is 0 Å². The van der Waals surface area contributed by atoms with E-state index in [1.54, 1.807) is 11.3 Å². The standard InChI is InChI=1S/C13H22N2S/c1-10-5-4-6-11(9-10)15-13(2,3)12-14-7-8-16-12/h7-8,10-11,15H,4-6,9H2,1-3H3. The maximum atomic E-state index is 4.43. The van der Waals surface area contributed by atoms with Crippen LogP contribution < -0.4 is 5.32 Å². The first-order chi connectivity index (χ1) is 7.58. The average molecular weight is 238 g/mol. The lowest BCUT2D eigenvalue weighted by Crippen LogP contribution is -2.45. The summed E-state index contributed by atoms with van der Waals surface area (Å²) >= 11 is 1.75. The number of rotatable bonds is 3. The van der Waals surface area contributed by atoms with Gasteiger partial charge in [-0.05, 0) is 32.6 Å². The van der Waals surface area contributed by atoms with Gasteiger partial charge in [0.15, 0.2) is 0 Å². The van der Waals surface area contributed by atoms with Crippen molar-refractivity contribution >= 4 is 11.3 Å². The van der Waals surface area contributed by atoms with Crippen LogP contribution in [0.15, 0.2) is 11.6 Å². The third kappa shape index (κ3) is 2.83. The predicted molar refractivity (Wildman–Crippen MR) is 69.7 cm³/mol. The molecule has 0 aromatic carbocycles. The van der Waals surface area contributed by atoms with Gasteiger partial charge in [0, 0.05) is 17.6 Å². The van der Waals surface area contributed by atoms with Gasteiger partial charge in [0.1, 0.15) is 5.01 Å². The van der Waals surface area contributed by atoms with Crippen LogP contribution in [0.3, 0.4) is 0 Å². The summed E-state index contributed by atoms with van der Waals surface area (Å²) in [5.41, 5.74) is 0.0237. The minimum absolute atomic E-state index is 0.0237. The Balaban J connectivity index is 1.98. The summed E-state index contributed by atoms with van der Waals surface area (Å²) in [6.45, 7) is 6.85. The molecule has 90 valence electrons. The second-order valence-corrected chi connectivity index (χ2v) is 6.47. The maximum absolute atomic E-state index is 4.43. The van der Waals surface area contributed by atoms with Crippen molar-refractivity contribution in [2.45, 2.75) is 58.0 Å². The van der Waals surface area contributed by atoms with Gasteiger partial charge in [0.2, 0.25) is 0 Å². The van der Waals surface area contributed by atoms with Gasteiger partial charge in [-0.2, -0.15) is 0 Å². The van der Waals surface area contributed by atoms with E-state index >= 15 is 0 Å². The minimum Gasteiger partial charge on any atom is -0.303 e. The highest BCUT2D eigenvalue weighted by Gasteiger charge is 2.28. The molecule has 0 amide bonds. The molecular formula is C13H22N2S. The number of aromatic nitrogens is 1. The van der Waals surface area contributed by atoms with Crippen LogP contribution in [0, 0.1) is 5.92 Å². The Kier molecular flexibility index (Phi) is 3.65. The van der Waals surface area contributed by atoms with Crippen LogP contribution in [-0.2, 0) is 5.54 Å². The van der Waals surface area contributed by atoms with Gasteiger partial charge in [-0.25, -0.2) is 4.98 Å². The minimum atomic E-state index is 0.0237. The molecule has 2 rings (SSSR count). The van der Waals surface area contributed by atoms with Crippen molar-refractivity contribution in [2.24, 2.45) is 5.92 Å². The molecule has 1 aliphatic carbocycles. The monoisotopic (exact) mass is 238 g/mol. The van der Waals surface area contributed by atoms with Crippen LogP contribution in [0.25, 0.3) is 0 Å². The van der Waals surface area contributed by atoms with Crippen molar-refractivity contribution in [1.82, 2.24) is 10.3 Å². The van der Waals surface area contributed by atoms with Gasteiger partial charge in [0.05, 0.1) is 5.54 Å². The van der Waals surface area contributed by atoms with Crippen LogP contribution in [0.2, 0.25) is 0 Å². The zero-order chi connectivity index (χ0) is 11.6. The van der Waals surface area contributed by atoms with Crippen molar-refractivity contribution in [3.63, 3.8) is 0 Å². The molecule has 16 heavy (non-hydrogen) atoms. The summed E-state index contributed by atoms with van der Waals surface area (Å²) in [5.74, 6) is 0.873. The molecule has 1 aromatic rings. The number of thiazole rings is 1. The van der Waals surface area contributed by atoms with E-state index < -0.39 is 0 Å². The van der Waals surface area contributed by atoms with Gasteiger partial charge in [0.25, 0.3) is 0 Å². The van der Waals surface area contributed by atoms with Crippen molar-refractivity contribution in [3.8, 4) is 0 Å². The Morgan fingerprint density at radius 3 is 2.88 bits per heavy atom. The van der Waals surface area contributed by atoms with Crippen LogP contribution in [0.4, 0.5) is 0 Å². The second kappa shape index (κ2) is 4.84. The Morgan fingerprint density at radius 1 is 1.44 bits per heavy atom. The molecule has 1 aromatic heterocycles. The SMILES string of the molecule is CC1CCCC(NC(C)(C)c2nccs2)C1. The topological polar surface area (TPSA) is 24.9 Å². The molecule has 0 spiro atoms. The van der Waals surface area contributed by atoms with Crippen molar-refractivity contribution < 1.29 is 0 Å². The number of hydrogen-bond donors (Lipinski definition) is 1. The quantitative estimate of drug-likeness (QED) is 0.871. The summed E-state index contributed by atoms with van der Waals surface area (Å²) in [7, 11) is 0. The highest BCUT2D eigenvalue weighted by Crippen LogP contribution is 2.28. The third-order valence-corrected chi connectivity index (χ3v) is 4.57. The molecule has 2 unspecified atom stereocenters. The summed E-state index contributed by atoms with van der Waals surface area (Å²) in [4.78, 5) is 4.43. The summed E-state index contributed by atoms with van der Waals surface area (Å²) < 4.78 is 0. The molecule has 2 atom stereocenters. The third-order valence-electron chi connectivity index (χ3n) is 3.47. The highest BCUT2D eigenvalue weighted by atomic mass is 32.1. The fourth-order valence-corrected chi connectivity index (χ4v) is 3.40. The second-order valence-electron chi connectivity index (χ2n) is 5.58. The lowest BCUT2D eigenvalue weighted by molar-refractivity contribution is 0.244. The molecule has 3 heteroatoms. The first-order valence-electron chi connectivity index (χ1n) is 6.25. The van der Waals surface area contributed by atoms with Crippen molar-refractivity contribution in [1.29, 1.82) is 0 Å². The van der Waals surface area contributed by atoms with Gasteiger partial charge >= 0.3 is 0 Å². The Morgan fingerprint density at radius 2 is 2.25 bits per heavy atom. The smallest absolute Gasteiger partial charge is 0.112 e. The summed E-state index contributed by atoms with van der Waals surface area (Å²) in [6.07, 6.45) is 7.30. The Hall–Kier alpha value is -0.410. The molecular weight excluding hydrogens is 216 g/mol. The molecule has 0 saturated heterocycles. The van der Waals surface area contributed by atoms with E-state index in [1.807, 2.05) is 6.20 Å². The first-order valence-corrected chi connectivity index (χ1v) is 7.13. The van der Waals surface area contributed by atoms with Crippen molar-refractivity contribution in [2.75, 3.05) is 0 Å². The molecule has 1 saturated carbocycles. The van der Waals surface area contributed by atoms with Crippen LogP contribution >= 0.6 is 11.3 Å². The number of nitrogens with zero attached hydrogens (tertiary/aromatic N) is 1. The van der Waals surface area contributed by atoms with E-state index in [-0.39, 0.29) is 5.54 Å². The summed E-state index contributed by atoms with van der Waals surface area (Å²) in [5, 5.41) is 7.03. The molecule has 1 aliphatic rings. The lowest BCUT2D eigenvalue weighted by Gasteiger charge is -2.34. The highest BCUT2D eigenvalue weighted by molar-refractivity contribution is 7.09. The Bertz CT molecular complexity index is 319. The van der Waals surface area contributed by atoms with Gasteiger partial charge in [-0.3, -0.25) is 0 Å². The normalized spacial score (nSPS) is 26.9. The van der Waals surface area contributed by atoms with Gasteiger partial charge in [-0.15, -0.1) is 11.3 Å². The largest absolute Gasteiger partial charge is 0.303 e. The summed E-state index contributed by atoms with van der Waals surface area (Å²) in [6, 6.07) is 0.669. The molecule has 1 fully saturated rings. The molecule has 2 nitrogen and oxygen atoms in total.